The molecule has 1 saturated carbocycles. The van der Waals surface area contributed by atoms with E-state index in [9.17, 15) is 13.6 Å². The zero-order valence-corrected chi connectivity index (χ0v) is 6.26. The van der Waals surface area contributed by atoms with Crippen LogP contribution in [0.1, 0.15) is 12.8 Å². The Morgan fingerprint density at radius 1 is 1.58 bits per heavy atom. The second-order valence-electron chi connectivity index (χ2n) is 3.50. The van der Waals surface area contributed by atoms with Crippen LogP contribution in [0.15, 0.2) is 0 Å². The van der Waals surface area contributed by atoms with Crippen molar-refractivity contribution >= 4 is 5.97 Å². The summed E-state index contributed by atoms with van der Waals surface area (Å²) >= 11 is 0. The van der Waals surface area contributed by atoms with Gasteiger partial charge in [0, 0.05) is 6.42 Å². The van der Waals surface area contributed by atoms with Crippen LogP contribution in [0.25, 0.3) is 0 Å². The van der Waals surface area contributed by atoms with Gasteiger partial charge < -0.3 is 5.11 Å². The highest BCUT2D eigenvalue weighted by atomic mass is 19.3. The number of nitrogens with one attached hydrogen (secondary N) is 1. The standard InChI is InChI=1S/C7H9F2NO2/c8-7(9)2-3-1-4(7)10-5(3)6(11)12/h3-5,10H,1-2H2,(H,11,12). The van der Waals surface area contributed by atoms with Gasteiger partial charge in [0.15, 0.2) is 0 Å². The molecule has 0 aromatic carbocycles. The Morgan fingerprint density at radius 2 is 2.25 bits per heavy atom. The minimum absolute atomic E-state index is 0.276. The zero-order chi connectivity index (χ0) is 8.93. The van der Waals surface area contributed by atoms with E-state index in [4.69, 9.17) is 5.11 Å². The second kappa shape index (κ2) is 2.16. The van der Waals surface area contributed by atoms with Crippen molar-refractivity contribution in [1.29, 1.82) is 0 Å². The van der Waals surface area contributed by atoms with E-state index >= 15 is 0 Å². The largest absolute Gasteiger partial charge is 0.480 e. The molecule has 0 radical (unpaired) electrons. The Balaban J connectivity index is 2.13. The molecule has 1 saturated heterocycles. The fourth-order valence-electron chi connectivity index (χ4n) is 2.12. The summed E-state index contributed by atoms with van der Waals surface area (Å²) in [5, 5.41) is 11.0. The van der Waals surface area contributed by atoms with Crippen molar-refractivity contribution < 1.29 is 18.7 Å². The molecule has 1 heterocycles. The van der Waals surface area contributed by atoms with Gasteiger partial charge in [-0.1, -0.05) is 0 Å². The predicted molar refractivity (Wildman–Crippen MR) is 36.0 cm³/mol. The van der Waals surface area contributed by atoms with Crippen molar-refractivity contribution in [3.63, 3.8) is 0 Å². The van der Waals surface area contributed by atoms with Crippen molar-refractivity contribution in [2.75, 3.05) is 0 Å². The Hall–Kier alpha value is -0.710. The Labute approximate surface area is 67.8 Å². The molecule has 0 amide bonds. The summed E-state index contributed by atoms with van der Waals surface area (Å²) in [7, 11) is 0. The lowest BCUT2D eigenvalue weighted by Crippen LogP contribution is -2.50. The third kappa shape index (κ3) is 0.924. The fourth-order valence-corrected chi connectivity index (χ4v) is 2.12. The molecule has 1 aliphatic carbocycles. The van der Waals surface area contributed by atoms with Gasteiger partial charge in [0.25, 0.3) is 5.92 Å². The van der Waals surface area contributed by atoms with Crippen molar-refractivity contribution in [2.24, 2.45) is 5.92 Å². The number of alkyl halides is 2. The van der Waals surface area contributed by atoms with Gasteiger partial charge in [0.2, 0.25) is 0 Å². The van der Waals surface area contributed by atoms with Crippen molar-refractivity contribution in [2.45, 2.75) is 30.8 Å². The van der Waals surface area contributed by atoms with Crippen molar-refractivity contribution in [3.8, 4) is 0 Å². The molecule has 2 aliphatic rings. The molecule has 2 bridgehead atoms. The summed E-state index contributed by atoms with van der Waals surface area (Å²) in [6, 6.07) is -1.67. The van der Waals surface area contributed by atoms with Gasteiger partial charge in [0.05, 0.1) is 6.04 Å². The van der Waals surface area contributed by atoms with Gasteiger partial charge in [-0.2, -0.15) is 0 Å². The van der Waals surface area contributed by atoms with E-state index < -0.39 is 24.0 Å². The van der Waals surface area contributed by atoms with Gasteiger partial charge in [-0.3, -0.25) is 10.1 Å². The van der Waals surface area contributed by atoms with E-state index in [-0.39, 0.29) is 12.3 Å². The maximum Gasteiger partial charge on any atom is 0.320 e. The summed E-state index contributed by atoms with van der Waals surface area (Å²) in [4.78, 5) is 10.5. The number of rotatable bonds is 1. The highest BCUT2D eigenvalue weighted by molar-refractivity contribution is 5.74. The summed E-state index contributed by atoms with van der Waals surface area (Å²) < 4.78 is 25.6. The summed E-state index contributed by atoms with van der Waals surface area (Å²) in [6.45, 7) is 0. The minimum Gasteiger partial charge on any atom is -0.480 e. The Kier molecular flexibility index (Phi) is 1.42. The Morgan fingerprint density at radius 3 is 2.58 bits per heavy atom. The van der Waals surface area contributed by atoms with Crippen LogP contribution in [0.2, 0.25) is 0 Å². The van der Waals surface area contributed by atoms with Crippen LogP contribution in [-0.4, -0.2) is 29.1 Å². The first-order chi connectivity index (χ1) is 5.50. The highest BCUT2D eigenvalue weighted by Gasteiger charge is 2.58. The molecule has 2 rings (SSSR count). The first kappa shape index (κ1) is 7.91. The number of carbonyl (C=O) groups is 1. The minimum atomic E-state index is -2.70. The molecule has 2 fully saturated rings. The lowest BCUT2D eigenvalue weighted by Gasteiger charge is -2.26. The third-order valence-electron chi connectivity index (χ3n) is 2.70. The topological polar surface area (TPSA) is 49.3 Å². The molecule has 1 aliphatic heterocycles. The molecule has 0 spiro atoms. The molecule has 68 valence electrons. The monoisotopic (exact) mass is 177 g/mol. The van der Waals surface area contributed by atoms with E-state index in [1.807, 2.05) is 0 Å². The lowest BCUT2D eigenvalue weighted by atomic mass is 9.99. The predicted octanol–water partition coefficient (Wildman–Crippen LogP) is 0.457. The highest BCUT2D eigenvalue weighted by Crippen LogP contribution is 2.45. The molecular weight excluding hydrogens is 168 g/mol. The van der Waals surface area contributed by atoms with Gasteiger partial charge in [-0.05, 0) is 12.3 Å². The molecule has 5 heteroatoms. The van der Waals surface area contributed by atoms with E-state index in [0.29, 0.717) is 6.42 Å². The number of hydrogen-bond acceptors (Lipinski definition) is 2. The third-order valence-corrected chi connectivity index (χ3v) is 2.70. The number of carboxylic acid groups (broad SMARTS) is 1. The first-order valence-electron chi connectivity index (χ1n) is 3.87. The molecule has 0 aromatic rings. The quantitative estimate of drug-likeness (QED) is 0.611. The lowest BCUT2D eigenvalue weighted by molar-refractivity contribution is -0.142. The van der Waals surface area contributed by atoms with E-state index in [1.165, 1.54) is 0 Å². The number of halogens is 2. The average Bonchev–Trinajstić information content (AvgIpc) is 2.40. The smallest absolute Gasteiger partial charge is 0.320 e. The molecular formula is C7H9F2NO2. The van der Waals surface area contributed by atoms with Crippen LogP contribution in [-0.2, 0) is 4.79 Å². The van der Waals surface area contributed by atoms with Crippen LogP contribution >= 0.6 is 0 Å². The molecule has 0 aromatic heterocycles. The summed E-state index contributed by atoms with van der Waals surface area (Å²) in [5.41, 5.74) is 0. The van der Waals surface area contributed by atoms with Gasteiger partial charge in [-0.25, -0.2) is 8.78 Å². The van der Waals surface area contributed by atoms with Crippen LogP contribution < -0.4 is 5.32 Å². The molecule has 2 N–H and O–H groups in total. The Bertz CT molecular complexity index is 231. The second-order valence-corrected chi connectivity index (χ2v) is 3.50. The molecule has 12 heavy (non-hydrogen) atoms. The van der Waals surface area contributed by atoms with Crippen LogP contribution in [0.4, 0.5) is 8.78 Å². The van der Waals surface area contributed by atoms with Gasteiger partial charge >= 0.3 is 5.97 Å². The molecule has 3 unspecified atom stereocenters. The van der Waals surface area contributed by atoms with Gasteiger partial charge in [-0.15, -0.1) is 0 Å². The van der Waals surface area contributed by atoms with Crippen LogP contribution in [0.5, 0.6) is 0 Å². The first-order valence-corrected chi connectivity index (χ1v) is 3.87. The van der Waals surface area contributed by atoms with E-state index in [1.54, 1.807) is 0 Å². The van der Waals surface area contributed by atoms with Crippen LogP contribution in [0.3, 0.4) is 0 Å². The maximum atomic E-state index is 12.8. The van der Waals surface area contributed by atoms with E-state index in [2.05, 4.69) is 5.32 Å². The number of aliphatic carboxylic acids is 1. The summed E-state index contributed by atoms with van der Waals surface area (Å²) in [5.74, 6) is -4.10. The van der Waals surface area contributed by atoms with Crippen molar-refractivity contribution in [3.05, 3.63) is 0 Å². The SMILES string of the molecule is O=C(O)C1NC2CC1CC2(F)F. The zero-order valence-electron chi connectivity index (χ0n) is 6.26. The van der Waals surface area contributed by atoms with Gasteiger partial charge in [0.1, 0.15) is 6.04 Å². The molecule has 3 atom stereocenters. The maximum absolute atomic E-state index is 12.8. The fraction of sp³-hybridized carbons (Fsp3) is 0.857. The average molecular weight is 177 g/mol. The van der Waals surface area contributed by atoms with Crippen LogP contribution in [0, 0.1) is 5.92 Å². The van der Waals surface area contributed by atoms with E-state index in [0.717, 1.165) is 0 Å². The summed E-state index contributed by atoms with van der Waals surface area (Å²) in [6.07, 6.45) is 0.0194. The number of fused-ring (bicyclic) bond motifs is 2. The molecule has 3 nitrogen and oxygen atoms in total. The number of hydrogen-bond donors (Lipinski definition) is 2. The normalized spacial score (nSPS) is 43.3. The van der Waals surface area contributed by atoms with Crippen molar-refractivity contribution in [1.82, 2.24) is 5.32 Å². The number of piperidine rings is 1. The number of carboxylic acids is 1.